The molecule has 5 atom stereocenters. The summed E-state index contributed by atoms with van der Waals surface area (Å²) >= 11 is 0. The zero-order valence-electron chi connectivity index (χ0n) is 20.6. The molecule has 0 saturated carbocycles. The fourth-order valence-corrected chi connectivity index (χ4v) is 3.75. The van der Waals surface area contributed by atoms with Crippen molar-refractivity contribution >= 4 is 11.8 Å². The normalized spacial score (nSPS) is 23.3. The van der Waals surface area contributed by atoms with Gasteiger partial charge < -0.3 is 44.1 Å². The number of aliphatic hydroxyl groups excluding tert-OH is 3. The molecule has 0 aliphatic carbocycles. The van der Waals surface area contributed by atoms with Crippen molar-refractivity contribution in [2.45, 2.75) is 50.5 Å². The summed E-state index contributed by atoms with van der Waals surface area (Å²) in [6.07, 6.45) is -7.31. The second kappa shape index (κ2) is 13.4. The SMILES string of the molecule is CCOCC(=O)OC[C@H]1O[C@@H](Oc2cccc(O)c2C(=O)CCc2ccc(OC)cc2)[C@H](O)[C@@H](O)[C@@H]1O. The van der Waals surface area contributed by atoms with Crippen molar-refractivity contribution < 1.29 is 53.7 Å². The highest BCUT2D eigenvalue weighted by molar-refractivity contribution is 6.01. The monoisotopic (exact) mass is 520 g/mol. The maximum atomic E-state index is 13.0. The molecule has 3 rings (SSSR count). The van der Waals surface area contributed by atoms with Crippen molar-refractivity contribution in [3.8, 4) is 17.2 Å². The van der Waals surface area contributed by atoms with Crippen LogP contribution in [0.15, 0.2) is 42.5 Å². The van der Waals surface area contributed by atoms with Gasteiger partial charge in [-0.15, -0.1) is 0 Å². The summed E-state index contributed by atoms with van der Waals surface area (Å²) in [6, 6.07) is 11.4. The second-order valence-corrected chi connectivity index (χ2v) is 8.37. The van der Waals surface area contributed by atoms with Crippen LogP contribution in [-0.4, -0.2) is 89.8 Å². The summed E-state index contributed by atoms with van der Waals surface area (Å²) in [4.78, 5) is 24.7. The van der Waals surface area contributed by atoms with E-state index in [2.05, 4.69) is 0 Å². The lowest BCUT2D eigenvalue weighted by Gasteiger charge is -2.40. The molecule has 37 heavy (non-hydrogen) atoms. The Bertz CT molecular complexity index is 1040. The summed E-state index contributed by atoms with van der Waals surface area (Å²) < 4.78 is 26.3. The van der Waals surface area contributed by atoms with E-state index in [0.29, 0.717) is 18.8 Å². The maximum absolute atomic E-state index is 13.0. The summed E-state index contributed by atoms with van der Waals surface area (Å²) in [6.45, 7) is 1.28. The number of methoxy groups -OCH3 is 1. The minimum absolute atomic E-state index is 0.0497. The summed E-state index contributed by atoms with van der Waals surface area (Å²) in [5.41, 5.74) is 0.768. The smallest absolute Gasteiger partial charge is 0.332 e. The molecule has 1 fully saturated rings. The molecular weight excluding hydrogens is 488 g/mol. The van der Waals surface area contributed by atoms with E-state index in [0.717, 1.165) is 5.56 Å². The molecule has 0 bridgehead atoms. The number of rotatable bonds is 12. The van der Waals surface area contributed by atoms with E-state index in [4.69, 9.17) is 23.7 Å². The molecule has 1 saturated heterocycles. The van der Waals surface area contributed by atoms with Crippen molar-refractivity contribution in [3.63, 3.8) is 0 Å². The first-order chi connectivity index (χ1) is 17.7. The number of esters is 1. The van der Waals surface area contributed by atoms with Crippen molar-refractivity contribution in [2.75, 3.05) is 26.9 Å². The van der Waals surface area contributed by atoms with Gasteiger partial charge in [-0.05, 0) is 43.2 Å². The van der Waals surface area contributed by atoms with Crippen molar-refractivity contribution in [3.05, 3.63) is 53.6 Å². The first kappa shape index (κ1) is 28.4. The first-order valence-electron chi connectivity index (χ1n) is 11.8. The molecule has 0 aromatic heterocycles. The van der Waals surface area contributed by atoms with Gasteiger partial charge >= 0.3 is 5.97 Å². The molecule has 0 unspecified atom stereocenters. The third-order valence-corrected chi connectivity index (χ3v) is 5.83. The van der Waals surface area contributed by atoms with E-state index in [1.54, 1.807) is 26.2 Å². The van der Waals surface area contributed by atoms with Crippen LogP contribution < -0.4 is 9.47 Å². The van der Waals surface area contributed by atoms with Crippen molar-refractivity contribution in [1.29, 1.82) is 0 Å². The molecule has 1 heterocycles. The third kappa shape index (κ3) is 7.40. The van der Waals surface area contributed by atoms with Gasteiger partial charge in [0.15, 0.2) is 5.78 Å². The molecule has 4 N–H and O–H groups in total. The molecular formula is C26H32O11. The molecule has 2 aromatic rings. The van der Waals surface area contributed by atoms with Crippen LogP contribution in [0.4, 0.5) is 0 Å². The Labute approximate surface area is 214 Å². The topological polar surface area (TPSA) is 161 Å². The first-order valence-corrected chi connectivity index (χ1v) is 11.8. The van der Waals surface area contributed by atoms with Crippen LogP contribution in [0, 0.1) is 0 Å². The Morgan fingerprint density at radius 1 is 1.00 bits per heavy atom. The molecule has 11 nitrogen and oxygen atoms in total. The zero-order valence-corrected chi connectivity index (χ0v) is 20.6. The van der Waals surface area contributed by atoms with E-state index in [1.807, 2.05) is 12.1 Å². The lowest BCUT2D eigenvalue weighted by atomic mass is 9.99. The van der Waals surface area contributed by atoms with E-state index < -0.39 is 49.1 Å². The van der Waals surface area contributed by atoms with Crippen LogP contribution in [0.3, 0.4) is 0 Å². The van der Waals surface area contributed by atoms with Crippen LogP contribution in [0.2, 0.25) is 0 Å². The predicted octanol–water partition coefficient (Wildman–Crippen LogP) is 0.982. The predicted molar refractivity (Wildman–Crippen MR) is 129 cm³/mol. The molecule has 202 valence electrons. The number of aliphatic hydroxyl groups is 3. The second-order valence-electron chi connectivity index (χ2n) is 8.37. The number of phenols is 1. The Kier molecular flexibility index (Phi) is 10.2. The number of aryl methyl sites for hydroxylation is 1. The number of ether oxygens (including phenoxy) is 5. The van der Waals surface area contributed by atoms with Crippen LogP contribution in [0.25, 0.3) is 0 Å². The largest absolute Gasteiger partial charge is 0.507 e. The number of hydrogen-bond acceptors (Lipinski definition) is 11. The molecule has 11 heteroatoms. The molecule has 1 aliphatic rings. The quantitative estimate of drug-likeness (QED) is 0.233. The van der Waals surface area contributed by atoms with Gasteiger partial charge in [-0.2, -0.15) is 0 Å². The van der Waals surface area contributed by atoms with Gasteiger partial charge in [0.05, 0.1) is 7.11 Å². The number of phenolic OH excluding ortho intramolecular Hbond substituents is 1. The average Bonchev–Trinajstić information content (AvgIpc) is 2.90. The van der Waals surface area contributed by atoms with Gasteiger partial charge in [0.2, 0.25) is 6.29 Å². The minimum Gasteiger partial charge on any atom is -0.507 e. The summed E-state index contributed by atoms with van der Waals surface area (Å²) in [5.74, 6) is -0.846. The van der Waals surface area contributed by atoms with E-state index in [1.165, 1.54) is 18.2 Å². The van der Waals surface area contributed by atoms with E-state index >= 15 is 0 Å². The Morgan fingerprint density at radius 2 is 1.73 bits per heavy atom. The number of ketones is 1. The Balaban J connectivity index is 1.70. The third-order valence-electron chi connectivity index (χ3n) is 5.83. The average molecular weight is 521 g/mol. The maximum Gasteiger partial charge on any atom is 0.332 e. The van der Waals surface area contributed by atoms with Gasteiger partial charge in [-0.3, -0.25) is 4.79 Å². The highest BCUT2D eigenvalue weighted by Crippen LogP contribution is 2.32. The number of benzene rings is 2. The van der Waals surface area contributed by atoms with Gasteiger partial charge in [0, 0.05) is 13.0 Å². The Hall–Kier alpha value is -3.22. The van der Waals surface area contributed by atoms with E-state index in [-0.39, 0.29) is 30.1 Å². The minimum atomic E-state index is -1.70. The number of Topliss-reactive ketones (excluding diaryl/α,β-unsaturated/α-hetero) is 1. The highest BCUT2D eigenvalue weighted by Gasteiger charge is 2.45. The highest BCUT2D eigenvalue weighted by atomic mass is 16.7. The molecule has 0 spiro atoms. The van der Waals surface area contributed by atoms with Crippen LogP contribution in [-0.2, 0) is 25.4 Å². The fraction of sp³-hybridized carbons (Fsp3) is 0.462. The summed E-state index contributed by atoms with van der Waals surface area (Å²) in [5, 5.41) is 41.4. The number of carbonyl (C=O) groups excluding carboxylic acids is 2. The number of hydrogen-bond donors (Lipinski definition) is 4. The van der Waals surface area contributed by atoms with Gasteiger partial charge in [0.25, 0.3) is 0 Å². The van der Waals surface area contributed by atoms with Gasteiger partial charge in [0.1, 0.15) is 60.4 Å². The molecule has 0 radical (unpaired) electrons. The molecule has 2 aromatic carbocycles. The molecule has 1 aliphatic heterocycles. The van der Waals surface area contributed by atoms with Crippen molar-refractivity contribution in [1.82, 2.24) is 0 Å². The van der Waals surface area contributed by atoms with Gasteiger partial charge in [-0.1, -0.05) is 18.2 Å². The number of aromatic hydroxyl groups is 1. The van der Waals surface area contributed by atoms with Crippen LogP contribution in [0.5, 0.6) is 17.2 Å². The number of carbonyl (C=O) groups is 2. The standard InChI is InChI=1S/C26H32O11/c1-3-34-14-21(29)35-13-20-23(30)24(31)25(32)26(37-20)36-19-6-4-5-17(27)22(19)18(28)12-9-15-7-10-16(33-2)11-8-15/h4-8,10-11,20,23-27,30-32H,3,9,12-14H2,1-2H3/t20-,23-,24+,25-,26-/m1/s1. The zero-order chi connectivity index (χ0) is 26.9. The van der Waals surface area contributed by atoms with Crippen molar-refractivity contribution in [2.24, 2.45) is 0 Å². The lowest BCUT2D eigenvalue weighted by Crippen LogP contribution is -2.60. The van der Waals surface area contributed by atoms with E-state index in [9.17, 15) is 30.0 Å². The fourth-order valence-electron chi connectivity index (χ4n) is 3.75. The Morgan fingerprint density at radius 3 is 2.41 bits per heavy atom. The van der Waals surface area contributed by atoms with Crippen LogP contribution in [0.1, 0.15) is 29.3 Å². The molecule has 0 amide bonds. The summed E-state index contributed by atoms with van der Waals surface area (Å²) in [7, 11) is 1.56. The lowest BCUT2D eigenvalue weighted by molar-refractivity contribution is -0.278. The van der Waals surface area contributed by atoms with Crippen LogP contribution >= 0.6 is 0 Å². The van der Waals surface area contributed by atoms with Gasteiger partial charge in [-0.25, -0.2) is 4.79 Å².